The van der Waals surface area contributed by atoms with Crippen LogP contribution in [0.25, 0.3) is 0 Å². The summed E-state index contributed by atoms with van der Waals surface area (Å²) in [7, 11) is 0. The van der Waals surface area contributed by atoms with E-state index in [4.69, 9.17) is 24.1 Å². The summed E-state index contributed by atoms with van der Waals surface area (Å²) < 4.78 is 22.1. The van der Waals surface area contributed by atoms with E-state index in [0.29, 0.717) is 77.0 Å². The molecule has 0 aromatic heterocycles. The van der Waals surface area contributed by atoms with Gasteiger partial charge in [0.15, 0.2) is 0 Å². The van der Waals surface area contributed by atoms with Crippen LogP contribution in [0.3, 0.4) is 0 Å². The van der Waals surface area contributed by atoms with E-state index >= 15 is 0 Å². The molecule has 6 heterocycles. The summed E-state index contributed by atoms with van der Waals surface area (Å²) in [6.45, 7) is 12.5. The highest BCUT2D eigenvalue weighted by Crippen LogP contribution is 2.39. The average Bonchev–Trinajstić information content (AvgIpc) is 3.94. The van der Waals surface area contributed by atoms with E-state index in [0.717, 1.165) is 64.7 Å². The van der Waals surface area contributed by atoms with E-state index in [9.17, 15) is 33.9 Å². The first-order chi connectivity index (χ1) is 34.8. The van der Waals surface area contributed by atoms with Gasteiger partial charge >= 0.3 is 36.1 Å². The van der Waals surface area contributed by atoms with E-state index in [2.05, 4.69) is 56.8 Å². The first-order valence-electron chi connectivity index (χ1n) is 26.5. The minimum Gasteiger partial charge on any atom is -0.481 e. The minimum absolute atomic E-state index is 0.0388. The molecule has 0 aliphatic carbocycles. The molecule has 6 fully saturated rings. The predicted octanol–water partition coefficient (Wildman–Crippen LogP) is 5.08. The second-order valence-corrected chi connectivity index (χ2v) is 20.7. The van der Waals surface area contributed by atoms with Gasteiger partial charge in [-0.2, -0.15) is 0 Å². The fourth-order valence-corrected chi connectivity index (χ4v) is 11.9. The zero-order chi connectivity index (χ0) is 51.1. The first kappa shape index (κ1) is 54.5. The summed E-state index contributed by atoms with van der Waals surface area (Å²) in [4.78, 5) is 82.3. The Morgan fingerprint density at radius 2 is 1.04 bits per heavy atom. The molecule has 2 aromatic carbocycles. The summed E-state index contributed by atoms with van der Waals surface area (Å²) in [6.07, 6.45) is 6.06. The lowest BCUT2D eigenvalue weighted by Crippen LogP contribution is -2.49. The fraction of sp³-hybridized carbons (Fsp3) is 0.667. The molecule has 4 N–H and O–H groups in total. The Bertz CT molecular complexity index is 2090. The Morgan fingerprint density at radius 1 is 0.625 bits per heavy atom. The first-order valence-corrected chi connectivity index (χ1v) is 26.5. The van der Waals surface area contributed by atoms with Gasteiger partial charge in [0.05, 0.1) is 50.0 Å². The molecule has 8 rings (SSSR count). The SMILES string of the molecule is CCOC(=O)CC1(C(=O)OCC)CCN(CC2CN(C(Cc3ccccc3)C3CCNCC3)C(=O)O2)CC1.O=C(O)CC1(C(=O)O)CCN(CC2CN(C(Cc3ccccc3)C3CCNCC3)C(=O)O2)CC1. The van der Waals surface area contributed by atoms with Gasteiger partial charge in [0.25, 0.3) is 0 Å². The normalized spacial score (nSPS) is 23.8. The molecule has 18 nitrogen and oxygen atoms in total. The van der Waals surface area contributed by atoms with Crippen molar-refractivity contribution >= 4 is 36.1 Å². The number of amides is 2. The number of nitrogens with one attached hydrogen (secondary N) is 2. The number of aliphatic carboxylic acids is 2. The predicted molar refractivity (Wildman–Crippen MR) is 267 cm³/mol. The molecule has 0 saturated carbocycles. The largest absolute Gasteiger partial charge is 0.481 e. The van der Waals surface area contributed by atoms with Crippen LogP contribution in [0, 0.1) is 22.7 Å². The Labute approximate surface area is 424 Å². The minimum atomic E-state index is -1.21. The van der Waals surface area contributed by atoms with Crippen LogP contribution in [0.4, 0.5) is 9.59 Å². The number of esters is 2. The van der Waals surface area contributed by atoms with Crippen molar-refractivity contribution in [2.45, 2.75) is 115 Å². The number of carbonyl (C=O) groups is 6. The van der Waals surface area contributed by atoms with Crippen molar-refractivity contribution in [2.75, 3.05) is 91.8 Å². The van der Waals surface area contributed by atoms with Crippen LogP contribution in [0.15, 0.2) is 60.7 Å². The smallest absolute Gasteiger partial charge is 0.410 e. The van der Waals surface area contributed by atoms with Gasteiger partial charge in [0, 0.05) is 25.2 Å². The van der Waals surface area contributed by atoms with Crippen LogP contribution in [0.2, 0.25) is 0 Å². The van der Waals surface area contributed by atoms with Crippen molar-refractivity contribution in [1.82, 2.24) is 30.2 Å². The molecule has 18 heteroatoms. The lowest BCUT2D eigenvalue weighted by molar-refractivity contribution is -0.165. The van der Waals surface area contributed by atoms with E-state index < -0.39 is 22.8 Å². The molecule has 0 radical (unpaired) electrons. The number of cyclic esters (lactones) is 2. The number of likely N-dealkylation sites (tertiary alicyclic amines) is 2. The number of hydrogen-bond donors (Lipinski definition) is 4. The van der Waals surface area contributed by atoms with Crippen LogP contribution in [-0.4, -0.2) is 182 Å². The Morgan fingerprint density at radius 3 is 1.43 bits per heavy atom. The van der Waals surface area contributed by atoms with E-state index in [1.165, 1.54) is 11.1 Å². The van der Waals surface area contributed by atoms with Gasteiger partial charge in [0.1, 0.15) is 12.2 Å². The van der Waals surface area contributed by atoms with Crippen LogP contribution in [-0.2, 0) is 51.0 Å². The van der Waals surface area contributed by atoms with Crippen molar-refractivity contribution in [3.05, 3.63) is 71.8 Å². The van der Waals surface area contributed by atoms with E-state index in [1.807, 2.05) is 34.1 Å². The highest BCUT2D eigenvalue weighted by Gasteiger charge is 2.48. The van der Waals surface area contributed by atoms with Gasteiger partial charge in [-0.05, 0) is 153 Å². The van der Waals surface area contributed by atoms with Crippen LogP contribution in [0.5, 0.6) is 0 Å². The maximum atomic E-state index is 13.1. The maximum Gasteiger partial charge on any atom is 0.410 e. The number of benzene rings is 2. The third kappa shape index (κ3) is 14.5. The van der Waals surface area contributed by atoms with Gasteiger partial charge in [-0.25, -0.2) is 9.59 Å². The third-order valence-electron chi connectivity index (χ3n) is 16.0. The molecule has 396 valence electrons. The average molecular weight is 1000 g/mol. The Hall–Kier alpha value is -5.30. The quantitative estimate of drug-likeness (QED) is 0.101. The molecular formula is C54H78N6O12. The Balaban J connectivity index is 0.000000213. The zero-order valence-corrected chi connectivity index (χ0v) is 42.4. The maximum absolute atomic E-state index is 13.1. The number of nitrogens with zero attached hydrogens (tertiary/aromatic N) is 4. The topological polar surface area (TPSA) is 217 Å². The molecular weight excluding hydrogens is 925 g/mol. The van der Waals surface area contributed by atoms with Crippen molar-refractivity contribution in [1.29, 1.82) is 0 Å². The molecule has 72 heavy (non-hydrogen) atoms. The van der Waals surface area contributed by atoms with Gasteiger partial charge in [-0.15, -0.1) is 0 Å². The number of carboxylic acid groups (broad SMARTS) is 2. The number of rotatable bonds is 20. The highest BCUT2D eigenvalue weighted by molar-refractivity contribution is 5.84. The number of carbonyl (C=O) groups excluding carboxylic acids is 4. The summed E-state index contributed by atoms with van der Waals surface area (Å²) >= 11 is 0. The molecule has 0 spiro atoms. The highest BCUT2D eigenvalue weighted by atomic mass is 16.6. The number of hydrogen-bond acceptors (Lipinski definition) is 14. The third-order valence-corrected chi connectivity index (χ3v) is 16.0. The number of carboxylic acids is 2. The van der Waals surface area contributed by atoms with Gasteiger partial charge in [-0.1, -0.05) is 60.7 Å². The Kier molecular flexibility index (Phi) is 19.7. The second-order valence-electron chi connectivity index (χ2n) is 20.7. The van der Waals surface area contributed by atoms with Crippen molar-refractivity contribution in [3.63, 3.8) is 0 Å². The van der Waals surface area contributed by atoms with Crippen LogP contribution >= 0.6 is 0 Å². The second kappa shape index (κ2) is 26.1. The molecule has 6 aliphatic heterocycles. The molecule has 4 atom stereocenters. The summed E-state index contributed by atoms with van der Waals surface area (Å²) in [5.74, 6) is -1.97. The summed E-state index contributed by atoms with van der Waals surface area (Å²) in [5.41, 5.74) is 0.380. The van der Waals surface area contributed by atoms with E-state index in [1.54, 1.807) is 13.8 Å². The molecule has 6 saturated heterocycles. The zero-order valence-electron chi connectivity index (χ0n) is 42.4. The lowest BCUT2D eigenvalue weighted by atomic mass is 9.75. The van der Waals surface area contributed by atoms with Crippen molar-refractivity contribution < 1.29 is 57.9 Å². The van der Waals surface area contributed by atoms with Crippen LogP contribution in [0.1, 0.15) is 89.2 Å². The van der Waals surface area contributed by atoms with Crippen molar-refractivity contribution in [2.24, 2.45) is 22.7 Å². The van der Waals surface area contributed by atoms with Gasteiger partial charge < -0.3 is 49.6 Å². The number of ether oxygens (including phenoxy) is 4. The standard InChI is InChI=1S/C29H43N3O6.C25H35N3O6/c1-3-36-26(33)19-29(27(34)37-4-2)12-16-31(17-13-29)20-24-21-32(28(35)38-24)25(23-10-14-30-15-11-23)18-22-8-6-5-7-9-22;29-22(30)15-25(23(31)32)8-12-27(13-9-25)16-20-17-28(24(33)34-20)21(19-6-10-26-11-7-19)14-18-4-2-1-3-5-18/h5-9,23-25,30H,3-4,10-21H2,1-2H3;1-5,19-21,26H,6-17H2,(H,29,30)(H,31,32). The van der Waals surface area contributed by atoms with Crippen LogP contribution < -0.4 is 10.6 Å². The summed E-state index contributed by atoms with van der Waals surface area (Å²) in [5, 5.41) is 25.6. The fourth-order valence-electron chi connectivity index (χ4n) is 11.9. The lowest BCUT2D eigenvalue weighted by Gasteiger charge is -2.39. The molecule has 4 unspecified atom stereocenters. The van der Waals surface area contributed by atoms with E-state index in [-0.39, 0.29) is 87.3 Å². The summed E-state index contributed by atoms with van der Waals surface area (Å²) in [6, 6.07) is 20.8. The number of piperidine rings is 4. The van der Waals surface area contributed by atoms with Gasteiger partial charge in [0.2, 0.25) is 0 Å². The monoisotopic (exact) mass is 1000 g/mol. The van der Waals surface area contributed by atoms with Crippen molar-refractivity contribution in [3.8, 4) is 0 Å². The molecule has 0 bridgehead atoms. The molecule has 6 aliphatic rings. The molecule has 2 amide bonds. The van der Waals surface area contributed by atoms with Gasteiger partial charge in [-0.3, -0.25) is 29.0 Å². The molecule has 2 aromatic rings.